The van der Waals surface area contributed by atoms with E-state index in [0.29, 0.717) is 73.5 Å². The second kappa shape index (κ2) is 18.6. The summed E-state index contributed by atoms with van der Waals surface area (Å²) >= 11 is 14.3. The van der Waals surface area contributed by atoms with E-state index in [1.54, 1.807) is 44.0 Å². The molecule has 4 heterocycles. The van der Waals surface area contributed by atoms with Crippen LogP contribution in [-0.2, 0) is 32.2 Å². The summed E-state index contributed by atoms with van der Waals surface area (Å²) in [5.41, 5.74) is 4.37. The molecule has 0 saturated carbocycles. The number of benzene rings is 2. The van der Waals surface area contributed by atoms with Crippen molar-refractivity contribution in [2.75, 3.05) is 27.3 Å². The van der Waals surface area contributed by atoms with E-state index in [-0.39, 0.29) is 50.1 Å². The monoisotopic (exact) mass is 844 g/mol. The summed E-state index contributed by atoms with van der Waals surface area (Å²) in [5.74, 6) is -0.273. The number of hydrogen-bond acceptors (Lipinski definition) is 11. The third kappa shape index (κ3) is 10.4. The van der Waals surface area contributed by atoms with E-state index in [9.17, 15) is 24.3 Å². The van der Waals surface area contributed by atoms with E-state index in [4.69, 9.17) is 37.7 Å². The molecule has 0 bridgehead atoms. The summed E-state index contributed by atoms with van der Waals surface area (Å²) in [5, 5.41) is 16.8. The summed E-state index contributed by atoms with van der Waals surface area (Å²) in [4.78, 5) is 60.8. The molecule has 0 radical (unpaired) electrons. The van der Waals surface area contributed by atoms with Gasteiger partial charge in [-0.25, -0.2) is 14.8 Å². The number of methoxy groups -OCH3 is 2. The predicted octanol–water partition coefficient (Wildman–Crippen LogP) is 6.44. The van der Waals surface area contributed by atoms with Crippen LogP contribution in [0.2, 0.25) is 10.0 Å². The predicted molar refractivity (Wildman–Crippen MR) is 224 cm³/mol. The number of ether oxygens (including phenoxy) is 3. The van der Waals surface area contributed by atoms with Crippen molar-refractivity contribution >= 4 is 46.8 Å². The van der Waals surface area contributed by atoms with Gasteiger partial charge in [0.25, 0.3) is 5.56 Å². The molecule has 6 rings (SSSR count). The number of aliphatic hydroxyl groups excluding tert-OH is 1. The quantitative estimate of drug-likeness (QED) is 0.105. The van der Waals surface area contributed by atoms with Crippen molar-refractivity contribution in [2.24, 2.45) is 0 Å². The van der Waals surface area contributed by atoms with Crippen LogP contribution in [-0.4, -0.2) is 87.4 Å². The molecular weight excluding hydrogens is 799 g/mol. The lowest BCUT2D eigenvalue weighted by Crippen LogP contribution is -2.43. The molecule has 310 valence electrons. The number of nitrogens with zero attached hydrogens (tertiary/aromatic N) is 4. The van der Waals surface area contributed by atoms with Gasteiger partial charge in [0.15, 0.2) is 0 Å². The van der Waals surface area contributed by atoms with Crippen LogP contribution in [0.15, 0.2) is 77.9 Å². The Bertz CT molecular complexity index is 2430. The number of halogens is 2. The normalized spacial score (nSPS) is 14.5. The number of rotatable bonds is 14. The van der Waals surface area contributed by atoms with E-state index in [2.05, 4.69) is 20.4 Å². The van der Waals surface area contributed by atoms with Crippen LogP contribution >= 0.6 is 23.2 Å². The number of pyridine rings is 2. The first kappa shape index (κ1) is 43.0. The number of hydrogen-bond donors (Lipinski definition) is 3. The van der Waals surface area contributed by atoms with E-state index < -0.39 is 23.8 Å². The summed E-state index contributed by atoms with van der Waals surface area (Å²) < 4.78 is 17.4. The number of aliphatic hydroxyl groups is 1. The summed E-state index contributed by atoms with van der Waals surface area (Å²) in [6.07, 6.45) is 2.50. The van der Waals surface area contributed by atoms with E-state index in [0.717, 1.165) is 5.56 Å². The first-order chi connectivity index (χ1) is 28.1. The van der Waals surface area contributed by atoms with Crippen LogP contribution in [0.5, 0.6) is 5.88 Å². The Morgan fingerprint density at radius 3 is 2.36 bits per heavy atom. The highest BCUT2D eigenvalue weighted by Gasteiger charge is 2.29. The maximum absolute atomic E-state index is 13.3. The zero-order valence-electron chi connectivity index (χ0n) is 33.4. The van der Waals surface area contributed by atoms with Gasteiger partial charge in [-0.2, -0.15) is 0 Å². The lowest BCUT2D eigenvalue weighted by atomic mass is 9.97. The van der Waals surface area contributed by atoms with Gasteiger partial charge >= 0.3 is 12.1 Å². The average Bonchev–Trinajstić information content (AvgIpc) is 3.62. The van der Waals surface area contributed by atoms with Crippen molar-refractivity contribution in [2.45, 2.75) is 70.9 Å². The maximum Gasteiger partial charge on any atom is 0.410 e. The highest BCUT2D eigenvalue weighted by molar-refractivity contribution is 6.39. The zero-order valence-corrected chi connectivity index (χ0v) is 34.9. The lowest BCUT2D eigenvalue weighted by molar-refractivity contribution is -0.142. The Hall–Kier alpha value is -5.54. The number of amides is 2. The summed E-state index contributed by atoms with van der Waals surface area (Å²) in [6.45, 7) is 6.03. The van der Waals surface area contributed by atoms with Crippen LogP contribution in [0.3, 0.4) is 0 Å². The molecule has 3 N–H and O–H groups in total. The fourth-order valence-electron chi connectivity index (χ4n) is 6.76. The van der Waals surface area contributed by atoms with Gasteiger partial charge in [0.05, 0.1) is 49.0 Å². The van der Waals surface area contributed by atoms with E-state index in [1.165, 1.54) is 24.8 Å². The van der Waals surface area contributed by atoms with Crippen molar-refractivity contribution < 1.29 is 33.7 Å². The van der Waals surface area contributed by atoms with Gasteiger partial charge in [-0.1, -0.05) is 59.6 Å². The van der Waals surface area contributed by atoms with Crippen LogP contribution in [0.4, 0.5) is 4.79 Å². The fourth-order valence-corrected chi connectivity index (χ4v) is 7.42. The average molecular weight is 846 g/mol. The Labute approximate surface area is 351 Å². The molecule has 2 amide bonds. The molecule has 2 aromatic carbocycles. The molecule has 1 aliphatic heterocycles. The summed E-state index contributed by atoms with van der Waals surface area (Å²) in [6, 6.07) is 18.2. The van der Waals surface area contributed by atoms with E-state index in [1.807, 2.05) is 48.5 Å². The van der Waals surface area contributed by atoms with E-state index >= 15 is 0 Å². The Kier molecular flexibility index (Phi) is 13.6. The number of carbonyl (C=O) groups is 3. The van der Waals surface area contributed by atoms with Gasteiger partial charge in [0.1, 0.15) is 11.2 Å². The molecule has 0 unspecified atom stereocenters. The van der Waals surface area contributed by atoms with Crippen molar-refractivity contribution in [3.05, 3.63) is 105 Å². The van der Waals surface area contributed by atoms with Crippen LogP contribution in [0.1, 0.15) is 51.2 Å². The molecule has 16 heteroatoms. The molecule has 1 aliphatic rings. The third-order valence-electron chi connectivity index (χ3n) is 9.65. The van der Waals surface area contributed by atoms with Crippen molar-refractivity contribution in [1.82, 2.24) is 29.9 Å². The minimum atomic E-state index is -0.957. The second-order valence-electron chi connectivity index (χ2n) is 15.2. The number of fused-ring (bicyclic) bond motifs is 1. The largest absolute Gasteiger partial charge is 0.481 e. The van der Waals surface area contributed by atoms with Crippen molar-refractivity contribution in [3.63, 3.8) is 0 Å². The molecule has 3 aromatic heterocycles. The second-order valence-corrected chi connectivity index (χ2v) is 15.9. The Morgan fingerprint density at radius 2 is 1.69 bits per heavy atom. The van der Waals surface area contributed by atoms with Gasteiger partial charge in [-0.15, -0.1) is 0 Å². The first-order valence-corrected chi connectivity index (χ1v) is 19.8. The molecule has 5 aromatic rings. The molecule has 1 saturated heterocycles. The highest BCUT2D eigenvalue weighted by atomic mass is 35.5. The standard InChI is InChI=1S/C43H46Cl2N6O8/c1-43(2,3)59-42(56)50(24-28-13-15-36(53)48-28)23-26-12-14-34(49-40(26)58-5)33-11-7-10-32(39(33)45)31-9-6-8-30(38(31)44)25-16-17-51-35(18-25)47-21-27(41(51)55)20-46-22-29(52)19-37(54)57-4/h6-12,14,16-18,21,28-29,46,52H,13,15,19-20,22-24H2,1-5H3,(H,48,53)/t28-,29-/m0/s1. The first-order valence-electron chi connectivity index (χ1n) is 19.0. The molecular formula is C43H46Cl2N6O8. The number of carbonyl (C=O) groups excluding carboxylic acids is 3. The zero-order chi connectivity index (χ0) is 42.4. The van der Waals surface area contributed by atoms with Gasteiger partial charge < -0.3 is 34.9 Å². The molecule has 0 aliphatic carbocycles. The molecule has 2 atom stereocenters. The lowest BCUT2D eigenvalue weighted by Gasteiger charge is -2.29. The van der Waals surface area contributed by atoms with Crippen LogP contribution < -0.4 is 20.9 Å². The van der Waals surface area contributed by atoms with Gasteiger partial charge in [-0.05, 0) is 57.0 Å². The Balaban J connectivity index is 1.24. The number of esters is 1. The van der Waals surface area contributed by atoms with Crippen molar-refractivity contribution in [3.8, 4) is 39.4 Å². The third-order valence-corrected chi connectivity index (χ3v) is 10.5. The molecule has 1 fully saturated rings. The number of nitrogens with one attached hydrogen (secondary N) is 2. The Morgan fingerprint density at radius 1 is 1.00 bits per heavy atom. The minimum absolute atomic E-state index is 0.0478. The molecule has 14 nitrogen and oxygen atoms in total. The number of aromatic nitrogens is 3. The van der Waals surface area contributed by atoms with Crippen LogP contribution in [0, 0.1) is 0 Å². The topological polar surface area (TPSA) is 174 Å². The SMILES string of the molecule is COC(=O)C[C@H](O)CNCc1cnc2cc(-c3cccc(-c4cccc(-c5ccc(CN(C[C@@H]6CCC(=O)N6)C(=O)OC(C)(C)C)c(OC)n5)c4Cl)c3Cl)ccn2c1=O. The van der Waals surface area contributed by atoms with Gasteiger partial charge in [-0.3, -0.25) is 18.8 Å². The van der Waals surface area contributed by atoms with Gasteiger partial charge in [0.2, 0.25) is 11.8 Å². The van der Waals surface area contributed by atoms with Crippen molar-refractivity contribution in [1.29, 1.82) is 0 Å². The van der Waals surface area contributed by atoms with Crippen LogP contribution in [0.25, 0.3) is 39.2 Å². The summed E-state index contributed by atoms with van der Waals surface area (Å²) in [7, 11) is 2.76. The smallest absolute Gasteiger partial charge is 0.410 e. The highest BCUT2D eigenvalue weighted by Crippen LogP contribution is 2.42. The fraction of sp³-hybridized carbons (Fsp3) is 0.349. The maximum atomic E-state index is 13.3. The molecule has 0 spiro atoms. The minimum Gasteiger partial charge on any atom is -0.481 e. The molecule has 59 heavy (non-hydrogen) atoms. The van der Waals surface area contributed by atoms with Gasteiger partial charge in [0, 0.05) is 77.9 Å².